The van der Waals surface area contributed by atoms with Gasteiger partial charge in [-0.2, -0.15) is 0 Å². The molecule has 152 valence electrons. The molecule has 0 N–H and O–H groups in total. The molecular weight excluding hydrogens is 382 g/mol. The van der Waals surface area contributed by atoms with E-state index in [4.69, 9.17) is 9.47 Å². The summed E-state index contributed by atoms with van der Waals surface area (Å²) in [6, 6.07) is 13.8. The van der Waals surface area contributed by atoms with Gasteiger partial charge in [-0.05, 0) is 30.2 Å². The number of ether oxygens (including phenoxy) is 2. The van der Waals surface area contributed by atoms with Gasteiger partial charge in [-0.15, -0.1) is 0 Å². The summed E-state index contributed by atoms with van der Waals surface area (Å²) in [5.74, 6) is 1.44. The van der Waals surface area contributed by atoms with Crippen molar-refractivity contribution in [2.24, 2.45) is 14.1 Å². The van der Waals surface area contributed by atoms with Crippen LogP contribution in [-0.4, -0.2) is 20.5 Å². The van der Waals surface area contributed by atoms with Crippen LogP contribution >= 0.6 is 0 Å². The molecule has 0 unspecified atom stereocenters. The van der Waals surface area contributed by atoms with Crippen molar-refractivity contribution in [1.29, 1.82) is 0 Å². The lowest BCUT2D eigenvalue weighted by Crippen LogP contribution is -2.36. The Bertz CT molecular complexity index is 1430. The van der Waals surface area contributed by atoms with E-state index in [1.54, 1.807) is 7.05 Å². The van der Waals surface area contributed by atoms with Gasteiger partial charge in [-0.25, -0.2) is 4.79 Å². The molecule has 3 heterocycles. The molecule has 0 saturated carbocycles. The number of rotatable bonds is 3. The van der Waals surface area contributed by atoms with E-state index in [1.807, 2.05) is 60.2 Å². The minimum absolute atomic E-state index is 0.221. The van der Waals surface area contributed by atoms with Gasteiger partial charge in [0.2, 0.25) is 6.79 Å². The zero-order chi connectivity index (χ0) is 21.0. The summed E-state index contributed by atoms with van der Waals surface area (Å²) in [5, 5.41) is 0.537. The van der Waals surface area contributed by atoms with Gasteiger partial charge < -0.3 is 14.0 Å². The van der Waals surface area contributed by atoms with E-state index in [0.29, 0.717) is 23.2 Å². The van der Waals surface area contributed by atoms with Gasteiger partial charge in [-0.1, -0.05) is 30.3 Å². The quantitative estimate of drug-likeness (QED) is 0.528. The summed E-state index contributed by atoms with van der Waals surface area (Å²) in [4.78, 5) is 25.6. The Kier molecular flexibility index (Phi) is 4.06. The first-order chi connectivity index (χ1) is 14.5. The molecule has 0 spiro atoms. The van der Waals surface area contributed by atoms with E-state index in [9.17, 15) is 9.59 Å². The molecule has 0 saturated heterocycles. The van der Waals surface area contributed by atoms with Crippen LogP contribution in [0.1, 0.15) is 11.1 Å². The molecule has 0 aliphatic carbocycles. The van der Waals surface area contributed by atoms with Gasteiger partial charge in [-0.3, -0.25) is 13.9 Å². The van der Waals surface area contributed by atoms with Gasteiger partial charge in [0, 0.05) is 32.4 Å². The Morgan fingerprint density at radius 2 is 1.73 bits per heavy atom. The maximum absolute atomic E-state index is 13.1. The normalized spacial score (nSPS) is 12.6. The van der Waals surface area contributed by atoms with Crippen molar-refractivity contribution in [3.8, 4) is 22.8 Å². The van der Waals surface area contributed by atoms with Crippen LogP contribution in [-0.2, 0) is 20.6 Å². The van der Waals surface area contributed by atoms with Crippen molar-refractivity contribution < 1.29 is 9.47 Å². The molecule has 7 heteroatoms. The third-order valence-corrected chi connectivity index (χ3v) is 5.70. The average molecular weight is 403 g/mol. The van der Waals surface area contributed by atoms with E-state index < -0.39 is 0 Å². The Morgan fingerprint density at radius 1 is 0.967 bits per heavy atom. The van der Waals surface area contributed by atoms with Crippen LogP contribution in [0, 0.1) is 6.92 Å². The van der Waals surface area contributed by atoms with Gasteiger partial charge >= 0.3 is 5.69 Å². The summed E-state index contributed by atoms with van der Waals surface area (Å²) in [7, 11) is 3.21. The Morgan fingerprint density at radius 3 is 2.53 bits per heavy atom. The van der Waals surface area contributed by atoms with E-state index >= 15 is 0 Å². The maximum Gasteiger partial charge on any atom is 0.330 e. The first-order valence-electron chi connectivity index (χ1n) is 9.69. The Labute approximate surface area is 172 Å². The molecule has 30 heavy (non-hydrogen) atoms. The molecule has 0 atom stereocenters. The highest BCUT2D eigenvalue weighted by Gasteiger charge is 2.21. The second-order valence-corrected chi connectivity index (χ2v) is 7.57. The topological polar surface area (TPSA) is 67.4 Å². The molecule has 0 bridgehead atoms. The number of fused-ring (bicyclic) bond motifs is 2. The van der Waals surface area contributed by atoms with Crippen molar-refractivity contribution >= 4 is 10.9 Å². The standard InChI is InChI=1S/C23H21N3O4/c1-14-6-4-5-7-16(14)21-20-17(24(2)23(28)25(3)22(20)27)12-26(21)11-15-8-9-18-19(10-15)30-13-29-18/h4-10,12H,11,13H2,1-3H3. The maximum atomic E-state index is 13.1. The number of nitrogens with zero attached hydrogens (tertiary/aromatic N) is 3. The van der Waals surface area contributed by atoms with Crippen molar-refractivity contribution in [2.75, 3.05) is 6.79 Å². The fraction of sp³-hybridized carbons (Fsp3) is 0.217. The smallest absolute Gasteiger partial charge is 0.330 e. The summed E-state index contributed by atoms with van der Waals surface area (Å²) in [6.45, 7) is 2.76. The molecule has 1 aliphatic heterocycles. The van der Waals surface area contributed by atoms with Crippen LogP contribution in [0.2, 0.25) is 0 Å². The summed E-state index contributed by atoms with van der Waals surface area (Å²) < 4.78 is 15.6. The van der Waals surface area contributed by atoms with E-state index in [1.165, 1.54) is 11.6 Å². The first kappa shape index (κ1) is 18.3. The summed E-state index contributed by atoms with van der Waals surface area (Å²) >= 11 is 0. The minimum atomic E-state index is -0.343. The predicted molar refractivity (Wildman–Crippen MR) is 114 cm³/mol. The molecular formula is C23H21N3O4. The third-order valence-electron chi connectivity index (χ3n) is 5.70. The first-order valence-corrected chi connectivity index (χ1v) is 9.69. The third kappa shape index (κ3) is 2.66. The van der Waals surface area contributed by atoms with Gasteiger partial charge in [0.05, 0.1) is 16.6 Å². The number of aromatic nitrogens is 3. The monoisotopic (exact) mass is 403 g/mol. The largest absolute Gasteiger partial charge is 0.454 e. The fourth-order valence-electron chi connectivity index (χ4n) is 4.08. The molecule has 0 radical (unpaired) electrons. The summed E-state index contributed by atoms with van der Waals surface area (Å²) in [5.41, 5.74) is 3.81. The molecule has 2 aromatic heterocycles. The highest BCUT2D eigenvalue weighted by molar-refractivity contribution is 5.94. The molecule has 2 aromatic carbocycles. The highest BCUT2D eigenvalue weighted by atomic mass is 16.7. The Hall–Kier alpha value is -3.74. The number of aryl methyl sites for hydroxylation is 2. The molecule has 7 nitrogen and oxygen atoms in total. The summed E-state index contributed by atoms with van der Waals surface area (Å²) in [6.07, 6.45) is 1.88. The lowest BCUT2D eigenvalue weighted by Gasteiger charge is -2.12. The lowest BCUT2D eigenvalue weighted by molar-refractivity contribution is 0.174. The van der Waals surface area contributed by atoms with E-state index in [0.717, 1.165) is 32.7 Å². The second-order valence-electron chi connectivity index (χ2n) is 7.57. The molecule has 0 fully saturated rings. The van der Waals surface area contributed by atoms with Crippen molar-refractivity contribution in [2.45, 2.75) is 13.5 Å². The van der Waals surface area contributed by atoms with Crippen LogP contribution in [0.15, 0.2) is 58.3 Å². The fourth-order valence-corrected chi connectivity index (χ4v) is 4.08. The van der Waals surface area contributed by atoms with Gasteiger partial charge in [0.15, 0.2) is 11.5 Å². The zero-order valence-corrected chi connectivity index (χ0v) is 17.0. The average Bonchev–Trinajstić information content (AvgIpc) is 3.35. The molecule has 0 amide bonds. The van der Waals surface area contributed by atoms with Gasteiger partial charge in [0.1, 0.15) is 0 Å². The minimum Gasteiger partial charge on any atom is -0.454 e. The number of benzene rings is 2. The number of hydrogen-bond acceptors (Lipinski definition) is 4. The van der Waals surface area contributed by atoms with Crippen LogP contribution in [0.3, 0.4) is 0 Å². The second kappa shape index (κ2) is 6.66. The van der Waals surface area contributed by atoms with Crippen LogP contribution in [0.4, 0.5) is 0 Å². The molecule has 5 rings (SSSR count). The van der Waals surface area contributed by atoms with Crippen LogP contribution in [0.5, 0.6) is 11.5 Å². The van der Waals surface area contributed by atoms with E-state index in [-0.39, 0.29) is 18.0 Å². The van der Waals surface area contributed by atoms with Crippen molar-refractivity contribution in [3.63, 3.8) is 0 Å². The predicted octanol–water partition coefficient (Wildman–Crippen LogP) is 2.79. The highest BCUT2D eigenvalue weighted by Crippen LogP contribution is 2.34. The lowest BCUT2D eigenvalue weighted by atomic mass is 10.0. The van der Waals surface area contributed by atoms with E-state index in [2.05, 4.69) is 0 Å². The SMILES string of the molecule is Cc1ccccc1-c1c2c(=O)n(C)c(=O)n(C)c2cn1Cc1ccc2c(c1)OCO2. The zero-order valence-electron chi connectivity index (χ0n) is 17.0. The van der Waals surface area contributed by atoms with Crippen molar-refractivity contribution in [3.05, 3.63) is 80.6 Å². The molecule has 4 aromatic rings. The molecule has 1 aliphatic rings. The van der Waals surface area contributed by atoms with Crippen LogP contribution in [0.25, 0.3) is 22.2 Å². The van der Waals surface area contributed by atoms with Crippen LogP contribution < -0.4 is 20.7 Å². The Balaban J connectivity index is 1.79. The number of hydrogen-bond donors (Lipinski definition) is 0. The van der Waals surface area contributed by atoms with Gasteiger partial charge in [0.25, 0.3) is 5.56 Å². The van der Waals surface area contributed by atoms with Crippen molar-refractivity contribution in [1.82, 2.24) is 13.7 Å².